The zero-order valence-corrected chi connectivity index (χ0v) is 17.3. The summed E-state index contributed by atoms with van der Waals surface area (Å²) in [5.74, 6) is 0.123. The van der Waals surface area contributed by atoms with Gasteiger partial charge in [0.1, 0.15) is 11.5 Å². The minimum Gasteiger partial charge on any atom is -0.366 e. The van der Waals surface area contributed by atoms with E-state index in [1.54, 1.807) is 0 Å². The van der Waals surface area contributed by atoms with Gasteiger partial charge in [-0.05, 0) is 79.1 Å². The largest absolute Gasteiger partial charge is 0.366 e. The van der Waals surface area contributed by atoms with Crippen molar-refractivity contribution < 1.29 is 9.31 Å². The molecule has 5 heteroatoms. The van der Waals surface area contributed by atoms with Crippen LogP contribution in [0.5, 0.6) is 0 Å². The predicted molar refractivity (Wildman–Crippen MR) is 119 cm³/mol. The number of piperidine rings is 1. The van der Waals surface area contributed by atoms with Gasteiger partial charge in [0.05, 0.1) is 10.5 Å². The van der Waals surface area contributed by atoms with E-state index in [9.17, 15) is 14.5 Å². The molecule has 0 unspecified atom stereocenters. The van der Waals surface area contributed by atoms with E-state index in [0.29, 0.717) is 17.2 Å². The zero-order valence-electron chi connectivity index (χ0n) is 17.3. The molecule has 1 aliphatic rings. The monoisotopic (exact) mass is 404 g/mol. The lowest BCUT2D eigenvalue weighted by atomic mass is 9.88. The van der Waals surface area contributed by atoms with Crippen molar-refractivity contribution in [3.05, 3.63) is 93.3 Å². The van der Waals surface area contributed by atoms with Crippen LogP contribution in [-0.2, 0) is 0 Å². The van der Waals surface area contributed by atoms with Crippen LogP contribution in [0.3, 0.4) is 0 Å². The van der Waals surface area contributed by atoms with Crippen molar-refractivity contribution in [2.75, 3.05) is 18.0 Å². The van der Waals surface area contributed by atoms with E-state index in [2.05, 4.69) is 4.90 Å². The van der Waals surface area contributed by atoms with E-state index >= 15 is 0 Å². The van der Waals surface area contributed by atoms with Crippen molar-refractivity contribution in [3.8, 4) is 11.1 Å². The molecule has 1 fully saturated rings. The van der Waals surface area contributed by atoms with E-state index in [1.807, 2.05) is 62.4 Å². The molecule has 0 aromatic heterocycles. The normalized spacial score (nSPS) is 14.7. The number of hydrogen-bond donors (Lipinski definition) is 0. The maximum atomic E-state index is 13.2. The van der Waals surface area contributed by atoms with Gasteiger partial charge in [0.15, 0.2) is 0 Å². The van der Waals surface area contributed by atoms with Crippen molar-refractivity contribution in [2.24, 2.45) is 0 Å². The molecule has 30 heavy (non-hydrogen) atoms. The lowest BCUT2D eigenvalue weighted by molar-refractivity contribution is -0.383. The molecule has 0 atom stereocenters. The highest BCUT2D eigenvalue weighted by molar-refractivity contribution is 5.85. The first-order valence-electron chi connectivity index (χ1n) is 10.3. The number of nitrogens with zero attached hydrogens (tertiary/aromatic N) is 2. The topological polar surface area (TPSA) is 46.4 Å². The van der Waals surface area contributed by atoms with Gasteiger partial charge < -0.3 is 4.90 Å². The second-order valence-corrected chi connectivity index (χ2v) is 8.01. The van der Waals surface area contributed by atoms with Crippen LogP contribution in [0.1, 0.15) is 35.4 Å². The average molecular weight is 404 g/mol. The lowest BCUT2D eigenvalue weighted by Gasteiger charge is -2.34. The highest BCUT2D eigenvalue weighted by Crippen LogP contribution is 2.42. The van der Waals surface area contributed by atoms with E-state index in [-0.39, 0.29) is 16.4 Å². The van der Waals surface area contributed by atoms with Crippen LogP contribution in [-0.4, -0.2) is 18.0 Å². The Morgan fingerprint density at radius 1 is 0.933 bits per heavy atom. The third-order valence-corrected chi connectivity index (χ3v) is 6.12. The Labute approximate surface area is 176 Å². The molecule has 4 rings (SSSR count). The number of nitro benzene ring substituents is 1. The Morgan fingerprint density at radius 2 is 1.53 bits per heavy atom. The molecular weight excluding hydrogens is 379 g/mol. The van der Waals surface area contributed by atoms with Gasteiger partial charge in [-0.15, -0.1) is 0 Å². The average Bonchev–Trinajstić information content (AvgIpc) is 2.74. The lowest BCUT2D eigenvalue weighted by Crippen LogP contribution is -2.33. The van der Waals surface area contributed by atoms with Gasteiger partial charge in [-0.3, -0.25) is 10.1 Å². The van der Waals surface area contributed by atoms with Crippen LogP contribution in [0.15, 0.2) is 60.7 Å². The fourth-order valence-electron chi connectivity index (χ4n) is 4.61. The molecule has 1 heterocycles. The summed E-state index contributed by atoms with van der Waals surface area (Å²) < 4.78 is 13.2. The maximum Gasteiger partial charge on any atom is 0.300 e. The Bertz CT molecular complexity index is 1050. The summed E-state index contributed by atoms with van der Waals surface area (Å²) in [6.07, 6.45) is 1.77. The quantitative estimate of drug-likeness (QED) is 0.373. The zero-order chi connectivity index (χ0) is 21.3. The van der Waals surface area contributed by atoms with Gasteiger partial charge in [-0.2, -0.15) is 0 Å². The Balaban J connectivity index is 1.66. The van der Waals surface area contributed by atoms with E-state index in [1.165, 1.54) is 12.1 Å². The van der Waals surface area contributed by atoms with Crippen LogP contribution in [0.2, 0.25) is 0 Å². The minimum absolute atomic E-state index is 0.176. The number of benzene rings is 3. The molecule has 0 radical (unpaired) electrons. The molecule has 0 bridgehead atoms. The Kier molecular flexibility index (Phi) is 5.53. The van der Waals surface area contributed by atoms with Crippen LogP contribution in [0, 0.1) is 29.8 Å². The first-order chi connectivity index (χ1) is 14.5. The number of rotatable bonds is 4. The first-order valence-corrected chi connectivity index (χ1v) is 10.3. The molecule has 3 aromatic rings. The highest BCUT2D eigenvalue weighted by Gasteiger charge is 2.29. The molecule has 154 valence electrons. The van der Waals surface area contributed by atoms with E-state index in [0.717, 1.165) is 48.2 Å². The van der Waals surface area contributed by atoms with E-state index in [4.69, 9.17) is 0 Å². The SMILES string of the molecule is Cc1cccc(C)c1-c1cccc(N2CCC(c3ccc(F)cc3)CC2)c1[N+](=O)[O-]. The molecule has 0 amide bonds. The highest BCUT2D eigenvalue weighted by atomic mass is 19.1. The molecule has 1 aliphatic heterocycles. The van der Waals surface area contributed by atoms with Gasteiger partial charge in [0.2, 0.25) is 0 Å². The summed E-state index contributed by atoms with van der Waals surface area (Å²) in [6, 6.07) is 18.3. The molecule has 3 aromatic carbocycles. The van der Waals surface area contributed by atoms with Crippen LogP contribution in [0.25, 0.3) is 11.1 Å². The van der Waals surface area contributed by atoms with Crippen LogP contribution >= 0.6 is 0 Å². The van der Waals surface area contributed by atoms with E-state index < -0.39 is 0 Å². The number of para-hydroxylation sites is 1. The predicted octanol–water partition coefficient (Wildman–Crippen LogP) is 6.40. The third-order valence-electron chi connectivity index (χ3n) is 6.12. The number of anilines is 1. The first kappa shape index (κ1) is 20.1. The summed E-state index contributed by atoms with van der Waals surface area (Å²) in [5.41, 5.74) is 5.67. The molecular formula is C25H25FN2O2. The van der Waals surface area contributed by atoms with Crippen molar-refractivity contribution in [1.82, 2.24) is 0 Å². The molecule has 0 N–H and O–H groups in total. The van der Waals surface area contributed by atoms with Gasteiger partial charge in [-0.25, -0.2) is 4.39 Å². The summed E-state index contributed by atoms with van der Waals surface area (Å²) in [5, 5.41) is 12.1. The van der Waals surface area contributed by atoms with Crippen molar-refractivity contribution in [2.45, 2.75) is 32.6 Å². The molecule has 0 spiro atoms. The van der Waals surface area contributed by atoms with Gasteiger partial charge >= 0.3 is 0 Å². The number of halogens is 1. The van der Waals surface area contributed by atoms with Gasteiger partial charge in [-0.1, -0.05) is 36.4 Å². The minimum atomic E-state index is -0.247. The number of aryl methyl sites for hydroxylation is 2. The summed E-state index contributed by atoms with van der Waals surface area (Å²) in [6.45, 7) is 5.46. The summed E-state index contributed by atoms with van der Waals surface area (Å²) >= 11 is 0. The Morgan fingerprint density at radius 3 is 2.13 bits per heavy atom. The van der Waals surface area contributed by atoms with Gasteiger partial charge in [0, 0.05) is 13.1 Å². The number of hydrogen-bond acceptors (Lipinski definition) is 3. The second-order valence-electron chi connectivity index (χ2n) is 8.01. The fourth-order valence-corrected chi connectivity index (χ4v) is 4.61. The Hall–Kier alpha value is -3.21. The molecule has 4 nitrogen and oxygen atoms in total. The summed E-state index contributed by atoms with van der Waals surface area (Å²) in [7, 11) is 0. The van der Waals surface area contributed by atoms with Crippen molar-refractivity contribution in [3.63, 3.8) is 0 Å². The number of nitro groups is 1. The standard InChI is InChI=1S/C25H25FN2O2/c1-17-5-3-6-18(2)24(17)22-7-4-8-23(25(22)28(29)30)27-15-13-20(14-16-27)19-9-11-21(26)12-10-19/h3-12,20H,13-16H2,1-2H3. The van der Waals surface area contributed by atoms with Crippen molar-refractivity contribution in [1.29, 1.82) is 0 Å². The molecule has 1 saturated heterocycles. The fraction of sp³-hybridized carbons (Fsp3) is 0.280. The smallest absolute Gasteiger partial charge is 0.300 e. The van der Waals surface area contributed by atoms with Crippen molar-refractivity contribution >= 4 is 11.4 Å². The maximum absolute atomic E-state index is 13.2. The summed E-state index contributed by atoms with van der Waals surface area (Å²) in [4.78, 5) is 14.0. The molecule has 0 saturated carbocycles. The van der Waals surface area contributed by atoms with Crippen LogP contribution in [0.4, 0.5) is 15.8 Å². The second kappa shape index (κ2) is 8.27. The third kappa shape index (κ3) is 3.80. The van der Waals surface area contributed by atoms with Crippen LogP contribution < -0.4 is 4.90 Å². The van der Waals surface area contributed by atoms with Gasteiger partial charge in [0.25, 0.3) is 5.69 Å². The molecule has 0 aliphatic carbocycles.